The van der Waals surface area contributed by atoms with E-state index in [4.69, 9.17) is 11.1 Å². The van der Waals surface area contributed by atoms with Crippen LogP contribution in [0.3, 0.4) is 0 Å². The number of rotatable bonds is 5. The zero-order chi connectivity index (χ0) is 25.8. The molecule has 14 heteroatoms. The average molecular weight is 549 g/mol. The summed E-state index contributed by atoms with van der Waals surface area (Å²) in [5.74, 6) is -1.89. The van der Waals surface area contributed by atoms with Gasteiger partial charge in [-0.15, -0.1) is 22.7 Å². The number of amidine groups is 1. The Hall–Kier alpha value is -2.91. The van der Waals surface area contributed by atoms with Gasteiger partial charge in [-0.2, -0.15) is 4.31 Å². The van der Waals surface area contributed by atoms with E-state index in [1.807, 2.05) is 6.92 Å². The van der Waals surface area contributed by atoms with E-state index < -0.39 is 27.9 Å². The minimum Gasteiger partial charge on any atom is -0.480 e. The number of aliphatic carboxylic acids is 1. The molecule has 0 radical (unpaired) electrons. The predicted octanol–water partition coefficient (Wildman–Crippen LogP) is 1.28. The molecule has 1 fully saturated rings. The van der Waals surface area contributed by atoms with Crippen LogP contribution in [0.5, 0.6) is 0 Å². The number of nitrogen functional groups attached to an aromatic ring is 1. The van der Waals surface area contributed by atoms with Crippen LogP contribution < -0.4 is 11.1 Å². The maximum atomic E-state index is 13.4. The number of carboxylic acid groups (broad SMARTS) is 1. The number of amides is 1. The highest BCUT2D eigenvalue weighted by Crippen LogP contribution is 2.33. The minimum atomic E-state index is -4.00. The molecule has 2 aliphatic heterocycles. The van der Waals surface area contributed by atoms with Crippen molar-refractivity contribution in [2.45, 2.75) is 36.2 Å². The van der Waals surface area contributed by atoms with Crippen LogP contribution in [-0.2, 0) is 27.8 Å². The Bertz CT molecular complexity index is 1500. The summed E-state index contributed by atoms with van der Waals surface area (Å²) in [6, 6.07) is 5.41. The second-order valence-corrected chi connectivity index (χ2v) is 13.2. The number of thiazole rings is 1. The molecule has 0 aliphatic carbocycles. The summed E-state index contributed by atoms with van der Waals surface area (Å²) in [6.07, 6.45) is 0.691. The topological polar surface area (TPSA) is 170 Å². The normalized spacial score (nSPS) is 20.9. The maximum Gasteiger partial charge on any atom is 0.327 e. The lowest BCUT2D eigenvalue weighted by molar-refractivity contribution is -0.143. The number of piperazine rings is 1. The molecule has 2 atom stereocenters. The number of nitrogens with two attached hydrogens (primary N) is 1. The van der Waals surface area contributed by atoms with Crippen molar-refractivity contribution in [3.63, 3.8) is 0 Å². The number of benzene rings is 1. The highest BCUT2D eigenvalue weighted by Gasteiger charge is 2.41. The minimum absolute atomic E-state index is 0.0333. The van der Waals surface area contributed by atoms with Crippen molar-refractivity contribution in [1.82, 2.24) is 19.5 Å². The Kier molecular flexibility index (Phi) is 6.32. The number of hydrogen-bond donors (Lipinski definition) is 4. The summed E-state index contributed by atoms with van der Waals surface area (Å²) in [4.78, 5) is 32.0. The van der Waals surface area contributed by atoms with E-state index in [2.05, 4.69) is 10.3 Å². The molecule has 2 unspecified atom stereocenters. The van der Waals surface area contributed by atoms with Crippen molar-refractivity contribution >= 4 is 60.5 Å². The van der Waals surface area contributed by atoms with Gasteiger partial charge in [0.2, 0.25) is 0 Å². The monoisotopic (exact) mass is 548 g/mol. The van der Waals surface area contributed by atoms with Gasteiger partial charge in [0.15, 0.2) is 5.01 Å². The quantitative estimate of drug-likeness (QED) is 0.273. The van der Waals surface area contributed by atoms with Crippen LogP contribution in [0.25, 0.3) is 10.1 Å². The molecular formula is C22H24N6O5S3. The van der Waals surface area contributed by atoms with Gasteiger partial charge in [-0.3, -0.25) is 10.2 Å². The lowest BCUT2D eigenvalue weighted by atomic mass is 10.1. The van der Waals surface area contributed by atoms with Crippen molar-refractivity contribution in [3.8, 4) is 0 Å². The summed E-state index contributed by atoms with van der Waals surface area (Å²) in [5, 5.41) is 21.6. The Morgan fingerprint density at radius 2 is 2.03 bits per heavy atom. The highest BCUT2D eigenvalue weighted by atomic mass is 32.2. The first kappa shape index (κ1) is 24.8. The Labute approximate surface area is 215 Å². The molecule has 5 N–H and O–H groups in total. The summed E-state index contributed by atoms with van der Waals surface area (Å²) in [5.41, 5.74) is 6.87. The van der Waals surface area contributed by atoms with Crippen molar-refractivity contribution in [1.29, 1.82) is 5.41 Å². The van der Waals surface area contributed by atoms with Crippen LogP contribution in [0, 0.1) is 5.41 Å². The van der Waals surface area contributed by atoms with Gasteiger partial charge in [-0.1, -0.05) is 0 Å². The van der Waals surface area contributed by atoms with Gasteiger partial charge in [0.1, 0.15) is 16.1 Å². The third-order valence-electron chi connectivity index (χ3n) is 6.36. The number of sulfonamides is 1. The Morgan fingerprint density at radius 3 is 2.75 bits per heavy atom. The summed E-state index contributed by atoms with van der Waals surface area (Å²) >= 11 is 2.31. The average Bonchev–Trinajstić information content (AvgIpc) is 3.46. The fourth-order valence-corrected chi connectivity index (χ4v) is 8.36. The molecule has 190 valence electrons. The summed E-state index contributed by atoms with van der Waals surface area (Å²) < 4.78 is 28.7. The molecule has 1 aromatic carbocycles. The molecule has 2 aromatic heterocycles. The predicted molar refractivity (Wildman–Crippen MR) is 136 cm³/mol. The zero-order valence-corrected chi connectivity index (χ0v) is 21.7. The Morgan fingerprint density at radius 1 is 1.25 bits per heavy atom. The molecule has 5 rings (SSSR count). The van der Waals surface area contributed by atoms with Crippen molar-refractivity contribution in [2.75, 3.05) is 19.6 Å². The van der Waals surface area contributed by atoms with Gasteiger partial charge in [-0.05, 0) is 36.6 Å². The number of carbonyl (C=O) groups is 2. The van der Waals surface area contributed by atoms with E-state index in [0.29, 0.717) is 28.6 Å². The van der Waals surface area contributed by atoms with Crippen molar-refractivity contribution in [2.24, 2.45) is 5.73 Å². The molecule has 4 heterocycles. The second kappa shape index (κ2) is 9.19. The summed E-state index contributed by atoms with van der Waals surface area (Å²) in [6.45, 7) is 2.18. The van der Waals surface area contributed by atoms with Crippen LogP contribution in [0.2, 0.25) is 0 Å². The fourth-order valence-electron chi connectivity index (χ4n) is 4.40. The Balaban J connectivity index is 1.38. The first-order chi connectivity index (χ1) is 17.0. The van der Waals surface area contributed by atoms with E-state index >= 15 is 0 Å². The van der Waals surface area contributed by atoms with Crippen LogP contribution in [0.4, 0.5) is 0 Å². The highest BCUT2D eigenvalue weighted by molar-refractivity contribution is 7.91. The zero-order valence-electron chi connectivity index (χ0n) is 19.2. The number of hydrogen-bond acceptors (Lipinski definition) is 9. The van der Waals surface area contributed by atoms with Gasteiger partial charge < -0.3 is 21.1 Å². The lowest BCUT2D eigenvalue weighted by Gasteiger charge is -2.37. The summed E-state index contributed by atoms with van der Waals surface area (Å²) in [7, 11) is -4.00. The standard InChI is InChI=1S/C22H24N6O5S3/c1-11-6-14-17(9-25-11)35-20(26-14)21(29)28-5-4-27(10-15(28)22(30)31)36(32,33)18-8-13-7-12(19(23)24)2-3-16(13)34-18/h2-3,7-8,11,15,25H,4-6,9-10H2,1H3,(H3,23,24)(H,30,31). The molecule has 1 saturated heterocycles. The van der Waals surface area contributed by atoms with Crippen LogP contribution in [-0.4, -0.2) is 77.1 Å². The fraction of sp³-hybridized carbons (Fsp3) is 0.364. The molecular weight excluding hydrogens is 524 g/mol. The lowest BCUT2D eigenvalue weighted by Crippen LogP contribution is -2.59. The van der Waals surface area contributed by atoms with Gasteiger partial charge in [0.05, 0.1) is 5.69 Å². The molecule has 36 heavy (non-hydrogen) atoms. The number of thiophene rings is 1. The number of nitrogens with one attached hydrogen (secondary N) is 2. The molecule has 11 nitrogen and oxygen atoms in total. The number of nitrogens with zero attached hydrogens (tertiary/aromatic N) is 3. The van der Waals surface area contributed by atoms with Crippen LogP contribution in [0.1, 0.15) is 32.9 Å². The molecule has 1 amide bonds. The van der Waals surface area contributed by atoms with E-state index in [1.165, 1.54) is 22.3 Å². The second-order valence-electron chi connectivity index (χ2n) is 8.82. The van der Waals surface area contributed by atoms with Gasteiger partial charge >= 0.3 is 5.97 Å². The molecule has 2 aliphatic rings. The third kappa shape index (κ3) is 4.39. The number of fused-ring (bicyclic) bond motifs is 2. The van der Waals surface area contributed by atoms with Gasteiger partial charge in [0, 0.05) is 53.8 Å². The molecule has 0 bridgehead atoms. The largest absolute Gasteiger partial charge is 0.480 e. The smallest absolute Gasteiger partial charge is 0.327 e. The van der Waals surface area contributed by atoms with Crippen molar-refractivity contribution < 1.29 is 23.1 Å². The van der Waals surface area contributed by atoms with Crippen LogP contribution >= 0.6 is 22.7 Å². The first-order valence-electron chi connectivity index (χ1n) is 11.2. The maximum absolute atomic E-state index is 13.4. The molecule has 3 aromatic rings. The molecule has 0 spiro atoms. The van der Waals surface area contributed by atoms with E-state index in [9.17, 15) is 23.1 Å². The number of aromatic nitrogens is 1. The van der Waals surface area contributed by atoms with Gasteiger partial charge in [0.25, 0.3) is 15.9 Å². The van der Waals surface area contributed by atoms with E-state index in [-0.39, 0.29) is 40.7 Å². The number of carboxylic acids is 1. The van der Waals surface area contributed by atoms with Crippen molar-refractivity contribution in [3.05, 3.63) is 45.4 Å². The molecule has 0 saturated carbocycles. The van der Waals surface area contributed by atoms with E-state index in [0.717, 1.165) is 26.2 Å². The third-order valence-corrected chi connectivity index (χ3v) is 10.9. The number of carbonyl (C=O) groups excluding carboxylic acids is 1. The first-order valence-corrected chi connectivity index (χ1v) is 14.3. The SMILES string of the molecule is CC1Cc2nc(C(=O)N3CCN(S(=O)(=O)c4cc5cc(C(=N)N)ccc5s4)CC3C(=O)O)sc2CN1. The van der Waals surface area contributed by atoms with E-state index in [1.54, 1.807) is 18.2 Å². The van der Waals surface area contributed by atoms with Crippen LogP contribution in [0.15, 0.2) is 28.5 Å². The van der Waals surface area contributed by atoms with Gasteiger partial charge in [-0.25, -0.2) is 18.2 Å².